The van der Waals surface area contributed by atoms with E-state index in [1.807, 2.05) is 12.1 Å². The molecule has 0 amide bonds. The molecule has 0 saturated carbocycles. The smallest absolute Gasteiger partial charge is 0.302 e. The Morgan fingerprint density at radius 2 is 1.82 bits per heavy atom. The molecule has 0 N–H and O–H groups in total. The van der Waals surface area contributed by atoms with Crippen molar-refractivity contribution in [2.75, 3.05) is 6.61 Å². The second-order valence-corrected chi connectivity index (χ2v) is 3.77. The van der Waals surface area contributed by atoms with E-state index in [-0.39, 0.29) is 18.4 Å². The van der Waals surface area contributed by atoms with Crippen molar-refractivity contribution in [3.63, 3.8) is 0 Å². The van der Waals surface area contributed by atoms with Crippen LogP contribution in [0.3, 0.4) is 0 Å². The monoisotopic (exact) mass is 250 g/mol. The third-order valence-corrected chi connectivity index (χ3v) is 2.51. The van der Waals surface area contributed by atoms with E-state index in [4.69, 9.17) is 4.74 Å². The van der Waals surface area contributed by atoms with E-state index < -0.39 is 0 Å². The molecule has 0 aliphatic rings. The normalized spacial score (nSPS) is 9.71. The number of halogens is 1. The minimum atomic E-state index is -0.221. The summed E-state index contributed by atoms with van der Waals surface area (Å²) in [6, 6.07) is 14.5. The number of rotatable bonds is 3. The average Bonchev–Trinajstić information content (AvgIpc) is 2.28. The number of benzene rings is 2. The maximum atomic E-state index is 10.6. The highest BCUT2D eigenvalue weighted by atomic mass is 35.5. The van der Waals surface area contributed by atoms with Crippen molar-refractivity contribution in [2.24, 2.45) is 0 Å². The molecule has 0 unspecified atom stereocenters. The molecule has 0 saturated heterocycles. The number of hydrogen-bond acceptors (Lipinski definition) is 2. The number of fused-ring (bicyclic) bond motifs is 1. The third kappa shape index (κ3) is 3.75. The van der Waals surface area contributed by atoms with Gasteiger partial charge in [0, 0.05) is 13.3 Å². The van der Waals surface area contributed by atoms with Crippen LogP contribution in [0.15, 0.2) is 42.5 Å². The lowest BCUT2D eigenvalue weighted by Gasteiger charge is -2.04. The van der Waals surface area contributed by atoms with Crippen molar-refractivity contribution in [1.82, 2.24) is 0 Å². The molecule has 0 radical (unpaired) electrons. The first-order valence-electron chi connectivity index (χ1n) is 5.37. The SMILES string of the molecule is CC(=O)OCCc1ccc2ccccc2c1.Cl. The maximum Gasteiger partial charge on any atom is 0.302 e. The molecule has 0 heterocycles. The van der Waals surface area contributed by atoms with Crippen molar-refractivity contribution >= 4 is 29.1 Å². The highest BCUT2D eigenvalue weighted by Crippen LogP contribution is 2.15. The van der Waals surface area contributed by atoms with Crippen molar-refractivity contribution in [3.8, 4) is 0 Å². The van der Waals surface area contributed by atoms with Crippen molar-refractivity contribution in [3.05, 3.63) is 48.0 Å². The molecule has 0 aliphatic carbocycles. The Kier molecular flexibility index (Phi) is 4.98. The van der Waals surface area contributed by atoms with Crippen molar-refractivity contribution < 1.29 is 9.53 Å². The molecule has 0 aromatic heterocycles. The van der Waals surface area contributed by atoms with Gasteiger partial charge in [0.05, 0.1) is 6.61 Å². The highest BCUT2D eigenvalue weighted by Gasteiger charge is 1.98. The number of ether oxygens (including phenoxy) is 1. The largest absolute Gasteiger partial charge is 0.466 e. The molecule has 17 heavy (non-hydrogen) atoms. The van der Waals surface area contributed by atoms with E-state index >= 15 is 0 Å². The summed E-state index contributed by atoms with van der Waals surface area (Å²) in [5.41, 5.74) is 1.19. The Balaban J connectivity index is 0.00000144. The van der Waals surface area contributed by atoms with Crippen LogP contribution in [0.5, 0.6) is 0 Å². The van der Waals surface area contributed by atoms with Gasteiger partial charge in [0.2, 0.25) is 0 Å². The lowest BCUT2D eigenvalue weighted by molar-refractivity contribution is -0.140. The summed E-state index contributed by atoms with van der Waals surface area (Å²) in [5.74, 6) is -0.221. The predicted molar refractivity (Wildman–Crippen MR) is 71.5 cm³/mol. The van der Waals surface area contributed by atoms with Gasteiger partial charge in [-0.3, -0.25) is 4.79 Å². The van der Waals surface area contributed by atoms with Gasteiger partial charge in [-0.1, -0.05) is 42.5 Å². The van der Waals surface area contributed by atoms with Gasteiger partial charge in [-0.05, 0) is 16.3 Å². The summed E-state index contributed by atoms with van der Waals surface area (Å²) >= 11 is 0. The summed E-state index contributed by atoms with van der Waals surface area (Å²) in [6.07, 6.45) is 0.768. The van der Waals surface area contributed by atoms with Gasteiger partial charge in [-0.15, -0.1) is 12.4 Å². The van der Waals surface area contributed by atoms with Gasteiger partial charge in [-0.25, -0.2) is 0 Å². The Bertz CT molecular complexity index is 508. The lowest BCUT2D eigenvalue weighted by Crippen LogP contribution is -2.03. The summed E-state index contributed by atoms with van der Waals surface area (Å²) in [4.78, 5) is 10.6. The predicted octanol–water partition coefficient (Wildman–Crippen LogP) is 3.37. The molecule has 0 bridgehead atoms. The Labute approximate surface area is 107 Å². The Hall–Kier alpha value is -1.54. The van der Waals surface area contributed by atoms with E-state index in [0.717, 1.165) is 6.42 Å². The summed E-state index contributed by atoms with van der Waals surface area (Å²) in [6.45, 7) is 1.88. The average molecular weight is 251 g/mol. The van der Waals surface area contributed by atoms with E-state index in [1.54, 1.807) is 0 Å². The fraction of sp³-hybridized carbons (Fsp3) is 0.214. The summed E-state index contributed by atoms with van der Waals surface area (Å²) in [7, 11) is 0. The Morgan fingerprint density at radius 3 is 2.53 bits per heavy atom. The molecule has 3 heteroatoms. The lowest BCUT2D eigenvalue weighted by atomic mass is 10.1. The minimum Gasteiger partial charge on any atom is -0.466 e. The van der Waals surface area contributed by atoms with Crippen molar-refractivity contribution in [2.45, 2.75) is 13.3 Å². The molecule has 90 valence electrons. The van der Waals surface area contributed by atoms with E-state index in [9.17, 15) is 4.79 Å². The highest BCUT2D eigenvalue weighted by molar-refractivity contribution is 5.85. The van der Waals surface area contributed by atoms with Gasteiger partial charge in [0.15, 0.2) is 0 Å². The van der Waals surface area contributed by atoms with Crippen LogP contribution in [0, 0.1) is 0 Å². The number of carbonyl (C=O) groups is 1. The molecule has 0 spiro atoms. The van der Waals surface area contributed by atoms with E-state index in [0.29, 0.717) is 6.61 Å². The number of hydrogen-bond donors (Lipinski definition) is 0. The first-order valence-corrected chi connectivity index (χ1v) is 5.37. The van der Waals surface area contributed by atoms with Crippen LogP contribution in [0.4, 0.5) is 0 Å². The molecule has 0 fully saturated rings. The third-order valence-electron chi connectivity index (χ3n) is 2.51. The standard InChI is InChI=1S/C14H14O2.ClH/c1-11(15)16-9-8-12-6-7-13-4-2-3-5-14(13)10-12;/h2-7,10H,8-9H2,1H3;1H. The molecular formula is C14H15ClO2. The quantitative estimate of drug-likeness (QED) is 0.781. The summed E-state index contributed by atoms with van der Waals surface area (Å²) < 4.78 is 4.92. The molecule has 2 rings (SSSR count). The van der Waals surface area contributed by atoms with E-state index in [1.165, 1.54) is 23.3 Å². The van der Waals surface area contributed by atoms with Crippen LogP contribution in [0.25, 0.3) is 10.8 Å². The number of carbonyl (C=O) groups excluding carboxylic acids is 1. The van der Waals surface area contributed by atoms with Gasteiger partial charge in [0.1, 0.15) is 0 Å². The van der Waals surface area contributed by atoms with Crippen molar-refractivity contribution in [1.29, 1.82) is 0 Å². The second-order valence-electron chi connectivity index (χ2n) is 3.77. The topological polar surface area (TPSA) is 26.3 Å². The molecular weight excluding hydrogens is 236 g/mol. The fourth-order valence-electron chi connectivity index (χ4n) is 1.71. The van der Waals surface area contributed by atoms with Crippen LogP contribution in [-0.2, 0) is 16.0 Å². The summed E-state index contributed by atoms with van der Waals surface area (Å²) in [5, 5.41) is 2.46. The molecule has 2 aromatic rings. The first-order chi connectivity index (χ1) is 7.75. The first kappa shape index (κ1) is 13.5. The molecule has 0 atom stereocenters. The van der Waals surface area contributed by atoms with Gasteiger partial charge in [0.25, 0.3) is 0 Å². The molecule has 2 nitrogen and oxygen atoms in total. The van der Waals surface area contributed by atoms with Crippen LogP contribution >= 0.6 is 12.4 Å². The zero-order valence-corrected chi connectivity index (χ0v) is 10.5. The number of esters is 1. The second kappa shape index (κ2) is 6.26. The van der Waals surface area contributed by atoms with Crippen LogP contribution in [-0.4, -0.2) is 12.6 Å². The van der Waals surface area contributed by atoms with Crippen LogP contribution in [0.2, 0.25) is 0 Å². The zero-order valence-electron chi connectivity index (χ0n) is 9.68. The van der Waals surface area contributed by atoms with Crippen LogP contribution in [0.1, 0.15) is 12.5 Å². The Morgan fingerprint density at radius 1 is 1.12 bits per heavy atom. The van der Waals surface area contributed by atoms with E-state index in [2.05, 4.69) is 30.3 Å². The van der Waals surface area contributed by atoms with Gasteiger partial charge >= 0.3 is 5.97 Å². The molecule has 0 aliphatic heterocycles. The zero-order chi connectivity index (χ0) is 11.4. The molecule has 2 aromatic carbocycles. The fourth-order valence-corrected chi connectivity index (χ4v) is 1.71. The van der Waals surface area contributed by atoms with Gasteiger partial charge in [-0.2, -0.15) is 0 Å². The van der Waals surface area contributed by atoms with Crippen LogP contribution < -0.4 is 0 Å². The maximum absolute atomic E-state index is 10.6. The van der Waals surface area contributed by atoms with Gasteiger partial charge < -0.3 is 4.74 Å². The minimum absolute atomic E-state index is 0.